The molecule has 0 bridgehead atoms. The molecule has 0 aromatic rings. The number of rotatable bonds is 1. The van der Waals surface area contributed by atoms with Crippen molar-refractivity contribution in [2.24, 2.45) is 0 Å². The van der Waals surface area contributed by atoms with Crippen molar-refractivity contribution in [3.8, 4) is 0 Å². The van der Waals surface area contributed by atoms with Crippen molar-refractivity contribution in [3.05, 3.63) is 48.1 Å². The lowest BCUT2D eigenvalue weighted by molar-refractivity contribution is 1.13. The topological polar surface area (TPSA) is 0 Å². The van der Waals surface area contributed by atoms with E-state index in [9.17, 15) is 0 Å². The second kappa shape index (κ2) is 3.21. The molecule has 0 aromatic carbocycles. The monoisotopic (exact) mass is 132 g/mol. The van der Waals surface area contributed by atoms with Crippen LogP contribution in [0.5, 0.6) is 0 Å². The van der Waals surface area contributed by atoms with E-state index in [-0.39, 0.29) is 0 Å². The van der Waals surface area contributed by atoms with E-state index in [0.717, 1.165) is 12.0 Å². The number of hydrogen-bond acceptors (Lipinski definition) is 0. The normalized spacial score (nSPS) is 16.9. The summed E-state index contributed by atoms with van der Waals surface area (Å²) >= 11 is 0. The maximum atomic E-state index is 3.93. The van der Waals surface area contributed by atoms with Crippen LogP contribution in [-0.2, 0) is 0 Å². The van der Waals surface area contributed by atoms with Crippen molar-refractivity contribution in [1.29, 1.82) is 0 Å². The fourth-order valence-electron chi connectivity index (χ4n) is 0.967. The summed E-state index contributed by atoms with van der Waals surface area (Å²) in [6, 6.07) is 0. The summed E-state index contributed by atoms with van der Waals surface area (Å²) in [4.78, 5) is 0. The average molecular weight is 132 g/mol. The molecule has 0 unspecified atom stereocenters. The van der Waals surface area contributed by atoms with Crippen molar-refractivity contribution in [2.45, 2.75) is 13.3 Å². The van der Waals surface area contributed by atoms with E-state index >= 15 is 0 Å². The van der Waals surface area contributed by atoms with Crippen LogP contribution in [0.4, 0.5) is 0 Å². The van der Waals surface area contributed by atoms with E-state index in [1.807, 2.05) is 24.3 Å². The van der Waals surface area contributed by atoms with Crippen molar-refractivity contribution >= 4 is 0 Å². The van der Waals surface area contributed by atoms with E-state index in [0.29, 0.717) is 0 Å². The number of hydrogen-bond donors (Lipinski definition) is 0. The third-order valence-corrected chi connectivity index (χ3v) is 1.61. The van der Waals surface area contributed by atoms with Crippen molar-refractivity contribution in [3.63, 3.8) is 0 Å². The minimum absolute atomic E-state index is 1.06. The van der Waals surface area contributed by atoms with E-state index in [2.05, 4.69) is 19.6 Å². The van der Waals surface area contributed by atoms with Crippen LogP contribution in [-0.4, -0.2) is 0 Å². The summed E-state index contributed by atoms with van der Waals surface area (Å²) in [6.07, 6.45) is 11.3. The van der Waals surface area contributed by atoms with Crippen LogP contribution in [0, 0.1) is 0 Å². The van der Waals surface area contributed by atoms with Gasteiger partial charge in [0, 0.05) is 0 Å². The molecule has 0 amide bonds. The van der Waals surface area contributed by atoms with Crippen LogP contribution >= 0.6 is 0 Å². The van der Waals surface area contributed by atoms with Crippen LogP contribution < -0.4 is 0 Å². The maximum Gasteiger partial charge on any atom is -0.0297 e. The van der Waals surface area contributed by atoms with Gasteiger partial charge < -0.3 is 0 Å². The zero-order valence-corrected chi connectivity index (χ0v) is 6.30. The van der Waals surface area contributed by atoms with Gasteiger partial charge in [-0.3, -0.25) is 0 Å². The van der Waals surface area contributed by atoms with Gasteiger partial charge in [0.05, 0.1) is 0 Å². The van der Waals surface area contributed by atoms with Gasteiger partial charge >= 0.3 is 0 Å². The molecule has 0 heterocycles. The lowest BCUT2D eigenvalue weighted by Crippen LogP contribution is -1.80. The van der Waals surface area contributed by atoms with Gasteiger partial charge in [0.25, 0.3) is 0 Å². The molecule has 0 fully saturated rings. The summed E-state index contributed by atoms with van der Waals surface area (Å²) in [7, 11) is 0. The van der Waals surface area contributed by atoms with Crippen LogP contribution in [0.1, 0.15) is 13.3 Å². The first-order valence-electron chi connectivity index (χ1n) is 3.57. The molecule has 10 heavy (non-hydrogen) atoms. The Bertz CT molecular complexity index is 214. The van der Waals surface area contributed by atoms with Gasteiger partial charge in [-0.25, -0.2) is 0 Å². The first kappa shape index (κ1) is 7.07. The first-order valence-corrected chi connectivity index (χ1v) is 3.57. The van der Waals surface area contributed by atoms with Gasteiger partial charge in [0.15, 0.2) is 0 Å². The molecular weight excluding hydrogens is 120 g/mol. The van der Waals surface area contributed by atoms with Crippen LogP contribution in [0.3, 0.4) is 0 Å². The Hall–Kier alpha value is -1.04. The average Bonchev–Trinajstić information content (AvgIpc) is 2.13. The van der Waals surface area contributed by atoms with Crippen LogP contribution in [0.2, 0.25) is 0 Å². The molecule has 0 N–H and O–H groups in total. The summed E-state index contributed by atoms with van der Waals surface area (Å²) in [6.45, 7) is 6.07. The molecule has 0 heteroatoms. The molecule has 0 saturated heterocycles. The van der Waals surface area contributed by atoms with Crippen molar-refractivity contribution in [1.82, 2.24) is 0 Å². The second-order valence-electron chi connectivity index (χ2n) is 2.31. The summed E-state index contributed by atoms with van der Waals surface area (Å²) < 4.78 is 0. The zero-order chi connectivity index (χ0) is 7.40. The van der Waals surface area contributed by atoms with Gasteiger partial charge in [-0.05, 0) is 17.6 Å². The predicted octanol–water partition coefficient (Wildman–Crippen LogP) is 3.01. The SMILES string of the molecule is C=C1C=CC=CC=C1CC. The minimum atomic E-state index is 1.06. The highest BCUT2D eigenvalue weighted by Gasteiger charge is 1.95. The predicted molar refractivity (Wildman–Crippen MR) is 45.8 cm³/mol. The van der Waals surface area contributed by atoms with Crippen molar-refractivity contribution < 1.29 is 0 Å². The molecule has 52 valence electrons. The molecular formula is C10H12. The molecule has 0 nitrogen and oxygen atoms in total. The van der Waals surface area contributed by atoms with Crippen LogP contribution in [0.15, 0.2) is 48.1 Å². The fraction of sp³-hybridized carbons (Fsp3) is 0.200. The van der Waals surface area contributed by atoms with Gasteiger partial charge in [0.2, 0.25) is 0 Å². The summed E-state index contributed by atoms with van der Waals surface area (Å²) in [5.74, 6) is 0. The fourth-order valence-corrected chi connectivity index (χ4v) is 0.967. The molecule has 0 spiro atoms. The largest absolute Gasteiger partial charge is 0.0915 e. The van der Waals surface area contributed by atoms with Gasteiger partial charge in [-0.1, -0.05) is 43.9 Å². The molecule has 0 aliphatic heterocycles. The molecule has 0 aromatic heterocycles. The molecule has 0 saturated carbocycles. The van der Waals surface area contributed by atoms with Gasteiger partial charge in [-0.15, -0.1) is 0 Å². The maximum absolute atomic E-state index is 3.93. The van der Waals surface area contributed by atoms with E-state index in [1.54, 1.807) is 0 Å². The quantitative estimate of drug-likeness (QED) is 0.514. The highest BCUT2D eigenvalue weighted by molar-refractivity contribution is 5.42. The lowest BCUT2D eigenvalue weighted by atomic mass is 10.1. The van der Waals surface area contributed by atoms with Crippen LogP contribution in [0.25, 0.3) is 0 Å². The highest BCUT2D eigenvalue weighted by atomic mass is 14.0. The number of allylic oxidation sites excluding steroid dienone is 7. The summed E-state index contributed by atoms with van der Waals surface area (Å²) in [5.41, 5.74) is 2.46. The summed E-state index contributed by atoms with van der Waals surface area (Å²) in [5, 5.41) is 0. The second-order valence-corrected chi connectivity index (χ2v) is 2.31. The molecule has 1 rings (SSSR count). The lowest BCUT2D eigenvalue weighted by Gasteiger charge is -1.99. The highest BCUT2D eigenvalue weighted by Crippen LogP contribution is 2.15. The Morgan fingerprint density at radius 1 is 1.30 bits per heavy atom. The molecule has 1 aliphatic rings. The Kier molecular flexibility index (Phi) is 2.27. The van der Waals surface area contributed by atoms with Gasteiger partial charge in [0.1, 0.15) is 0 Å². The molecule has 0 radical (unpaired) electrons. The van der Waals surface area contributed by atoms with E-state index in [4.69, 9.17) is 0 Å². The molecule has 0 atom stereocenters. The third kappa shape index (κ3) is 1.47. The van der Waals surface area contributed by atoms with Gasteiger partial charge in [-0.2, -0.15) is 0 Å². The van der Waals surface area contributed by atoms with Crippen molar-refractivity contribution in [2.75, 3.05) is 0 Å². The zero-order valence-electron chi connectivity index (χ0n) is 6.30. The van der Waals surface area contributed by atoms with E-state index < -0.39 is 0 Å². The Balaban J connectivity index is 2.87. The Morgan fingerprint density at radius 3 is 2.80 bits per heavy atom. The molecule has 1 aliphatic carbocycles. The minimum Gasteiger partial charge on any atom is -0.0915 e. The van der Waals surface area contributed by atoms with E-state index in [1.165, 1.54) is 5.57 Å². The Morgan fingerprint density at radius 2 is 2.10 bits per heavy atom. The standard InChI is InChI=1S/C10H12/c1-3-10-8-6-4-5-7-9(10)2/h4-8H,2-3H2,1H3. The Labute approximate surface area is 62.3 Å². The third-order valence-electron chi connectivity index (χ3n) is 1.61. The smallest absolute Gasteiger partial charge is 0.0297 e. The first-order chi connectivity index (χ1) is 4.84.